The number of carbonyl (C=O) groups is 1. The lowest BCUT2D eigenvalue weighted by molar-refractivity contribution is 0.0955. The summed E-state index contributed by atoms with van der Waals surface area (Å²) >= 11 is 0. The van der Waals surface area contributed by atoms with Crippen LogP contribution in [0.15, 0.2) is 66.0 Å². The predicted octanol–water partition coefficient (Wildman–Crippen LogP) is 2.96. The zero-order valence-electron chi connectivity index (χ0n) is 14.9. The zero-order chi connectivity index (χ0) is 19.2. The van der Waals surface area contributed by atoms with Gasteiger partial charge in [-0.1, -0.05) is 12.1 Å². The summed E-state index contributed by atoms with van der Waals surface area (Å²) in [6.07, 6.45) is 5.18. The van der Waals surface area contributed by atoms with Crippen LogP contribution in [0.2, 0.25) is 0 Å². The number of hydrogen-bond acceptors (Lipinski definition) is 5. The van der Waals surface area contributed by atoms with Gasteiger partial charge in [0.2, 0.25) is 5.75 Å². The van der Waals surface area contributed by atoms with Gasteiger partial charge in [0.1, 0.15) is 0 Å². The molecule has 0 aliphatic carbocycles. The molecular formula is C20H19N3O4. The van der Waals surface area contributed by atoms with Crippen LogP contribution in [0.1, 0.15) is 15.9 Å². The van der Waals surface area contributed by atoms with E-state index in [1.165, 1.54) is 20.4 Å². The van der Waals surface area contributed by atoms with E-state index in [0.29, 0.717) is 11.1 Å². The number of methoxy groups -OCH3 is 2. The molecule has 2 aromatic carbocycles. The van der Waals surface area contributed by atoms with E-state index in [-0.39, 0.29) is 23.2 Å². The molecule has 0 aliphatic heterocycles. The van der Waals surface area contributed by atoms with Gasteiger partial charge < -0.3 is 19.1 Å². The van der Waals surface area contributed by atoms with Crippen molar-refractivity contribution < 1.29 is 19.4 Å². The molecule has 0 aliphatic rings. The van der Waals surface area contributed by atoms with Crippen molar-refractivity contribution >= 4 is 12.1 Å². The number of phenolic OH excluding ortho intramolecular Hbond substituents is 1. The number of phenols is 1. The molecule has 1 amide bonds. The fraction of sp³-hybridized carbons (Fsp3) is 0.100. The zero-order valence-corrected chi connectivity index (χ0v) is 14.9. The Bertz CT molecular complexity index is 940. The van der Waals surface area contributed by atoms with Crippen LogP contribution in [0.5, 0.6) is 17.2 Å². The number of nitrogens with zero attached hydrogens (tertiary/aromatic N) is 2. The van der Waals surface area contributed by atoms with Crippen molar-refractivity contribution in [3.63, 3.8) is 0 Å². The van der Waals surface area contributed by atoms with Crippen molar-refractivity contribution in [1.29, 1.82) is 0 Å². The van der Waals surface area contributed by atoms with Gasteiger partial charge in [-0.3, -0.25) is 4.79 Å². The van der Waals surface area contributed by atoms with Crippen LogP contribution in [0, 0.1) is 0 Å². The Hall–Kier alpha value is -3.74. The first-order valence-corrected chi connectivity index (χ1v) is 8.15. The Morgan fingerprint density at radius 1 is 1.07 bits per heavy atom. The SMILES string of the molecule is COc1cc(/C=N/NC(=O)c2ccccc2-n2cccc2)cc(OC)c1O. The highest BCUT2D eigenvalue weighted by Gasteiger charge is 2.12. The maximum absolute atomic E-state index is 12.5. The molecule has 0 atom stereocenters. The van der Waals surface area contributed by atoms with Gasteiger partial charge >= 0.3 is 0 Å². The average molecular weight is 365 g/mol. The molecule has 3 aromatic rings. The Labute approximate surface area is 156 Å². The maximum atomic E-state index is 12.5. The fourth-order valence-corrected chi connectivity index (χ4v) is 2.60. The summed E-state index contributed by atoms with van der Waals surface area (Å²) in [6.45, 7) is 0. The molecule has 3 rings (SSSR count). The lowest BCUT2D eigenvalue weighted by Crippen LogP contribution is -2.19. The van der Waals surface area contributed by atoms with Crippen LogP contribution in [0.4, 0.5) is 0 Å². The van der Waals surface area contributed by atoms with Crippen molar-refractivity contribution in [2.24, 2.45) is 5.10 Å². The van der Waals surface area contributed by atoms with E-state index in [1.807, 2.05) is 41.2 Å². The standard InChI is InChI=1S/C20H19N3O4/c1-26-17-11-14(12-18(27-2)19(17)24)13-21-22-20(25)15-7-3-4-8-16(15)23-9-5-6-10-23/h3-13,24H,1-2H3,(H,22,25)/b21-13+. The number of carbonyl (C=O) groups excluding carboxylic acids is 1. The molecule has 0 saturated heterocycles. The molecule has 7 heteroatoms. The van der Waals surface area contributed by atoms with Gasteiger partial charge in [-0.25, -0.2) is 5.43 Å². The number of hydrogen-bond donors (Lipinski definition) is 2. The summed E-state index contributed by atoms with van der Waals surface area (Å²) < 4.78 is 12.1. The number of ether oxygens (including phenoxy) is 2. The number of aromatic nitrogens is 1. The third-order valence-electron chi connectivity index (χ3n) is 3.91. The molecular weight excluding hydrogens is 346 g/mol. The van der Waals surface area contributed by atoms with E-state index >= 15 is 0 Å². The van der Waals surface area contributed by atoms with Gasteiger partial charge in [-0.15, -0.1) is 0 Å². The molecule has 7 nitrogen and oxygen atoms in total. The third-order valence-corrected chi connectivity index (χ3v) is 3.91. The minimum absolute atomic E-state index is 0.0955. The molecule has 0 bridgehead atoms. The number of para-hydroxylation sites is 1. The van der Waals surface area contributed by atoms with E-state index in [9.17, 15) is 9.90 Å². The molecule has 1 heterocycles. The maximum Gasteiger partial charge on any atom is 0.273 e. The van der Waals surface area contributed by atoms with E-state index in [1.54, 1.807) is 24.3 Å². The summed E-state index contributed by atoms with van der Waals surface area (Å²) in [4.78, 5) is 12.5. The van der Waals surface area contributed by atoms with Gasteiger partial charge in [0.25, 0.3) is 5.91 Å². The predicted molar refractivity (Wildman–Crippen MR) is 102 cm³/mol. The van der Waals surface area contributed by atoms with Crippen LogP contribution in [-0.2, 0) is 0 Å². The van der Waals surface area contributed by atoms with E-state index < -0.39 is 0 Å². The molecule has 0 radical (unpaired) electrons. The summed E-state index contributed by atoms with van der Waals surface area (Å²) in [7, 11) is 2.88. The lowest BCUT2D eigenvalue weighted by atomic mass is 10.1. The average Bonchev–Trinajstić information content (AvgIpc) is 3.23. The minimum Gasteiger partial charge on any atom is -0.502 e. The first-order chi connectivity index (χ1) is 13.1. The van der Waals surface area contributed by atoms with Crippen molar-refractivity contribution in [1.82, 2.24) is 9.99 Å². The van der Waals surface area contributed by atoms with Crippen LogP contribution < -0.4 is 14.9 Å². The van der Waals surface area contributed by atoms with Gasteiger partial charge in [-0.05, 0) is 36.4 Å². The van der Waals surface area contributed by atoms with Crippen LogP contribution in [0.25, 0.3) is 5.69 Å². The van der Waals surface area contributed by atoms with Gasteiger partial charge in [-0.2, -0.15) is 5.10 Å². The first kappa shape index (κ1) is 18.1. The number of hydrazone groups is 1. The monoisotopic (exact) mass is 365 g/mol. The normalized spacial score (nSPS) is 10.7. The number of nitrogens with one attached hydrogen (secondary N) is 1. The van der Waals surface area contributed by atoms with Crippen LogP contribution >= 0.6 is 0 Å². The molecule has 0 spiro atoms. The number of rotatable bonds is 6. The minimum atomic E-state index is -0.340. The second-order valence-electron chi connectivity index (χ2n) is 5.58. The quantitative estimate of drug-likeness (QED) is 0.519. The first-order valence-electron chi connectivity index (χ1n) is 8.15. The van der Waals surface area contributed by atoms with Crippen LogP contribution in [-0.4, -0.2) is 36.0 Å². The number of benzene rings is 2. The highest BCUT2D eigenvalue weighted by atomic mass is 16.5. The summed E-state index contributed by atoms with van der Waals surface area (Å²) in [6, 6.07) is 14.2. The Morgan fingerprint density at radius 2 is 1.70 bits per heavy atom. The van der Waals surface area contributed by atoms with Crippen LogP contribution in [0.3, 0.4) is 0 Å². The van der Waals surface area contributed by atoms with Gasteiger partial charge in [0, 0.05) is 18.0 Å². The number of amides is 1. The molecule has 138 valence electrons. The summed E-state index contributed by atoms with van der Waals surface area (Å²) in [5, 5.41) is 13.9. The largest absolute Gasteiger partial charge is 0.502 e. The third kappa shape index (κ3) is 3.92. The van der Waals surface area contributed by atoms with Crippen molar-refractivity contribution in [3.05, 3.63) is 72.1 Å². The van der Waals surface area contributed by atoms with Crippen molar-refractivity contribution in [3.8, 4) is 22.9 Å². The topological polar surface area (TPSA) is 85.1 Å². The highest BCUT2D eigenvalue weighted by Crippen LogP contribution is 2.36. The molecule has 1 aromatic heterocycles. The second-order valence-corrected chi connectivity index (χ2v) is 5.58. The van der Waals surface area contributed by atoms with Gasteiger partial charge in [0.15, 0.2) is 11.5 Å². The summed E-state index contributed by atoms with van der Waals surface area (Å²) in [5.74, 6) is 0.0650. The fourth-order valence-electron chi connectivity index (χ4n) is 2.60. The summed E-state index contributed by atoms with van der Waals surface area (Å²) in [5.41, 5.74) is 4.36. The number of aromatic hydroxyl groups is 1. The van der Waals surface area contributed by atoms with E-state index in [2.05, 4.69) is 10.5 Å². The molecule has 0 saturated carbocycles. The molecule has 0 fully saturated rings. The van der Waals surface area contributed by atoms with Crippen molar-refractivity contribution in [2.45, 2.75) is 0 Å². The second kappa shape index (κ2) is 8.09. The van der Waals surface area contributed by atoms with Crippen molar-refractivity contribution in [2.75, 3.05) is 14.2 Å². The lowest BCUT2D eigenvalue weighted by Gasteiger charge is -2.10. The Balaban J connectivity index is 1.79. The molecule has 2 N–H and O–H groups in total. The Morgan fingerprint density at radius 3 is 2.33 bits per heavy atom. The van der Waals surface area contributed by atoms with Gasteiger partial charge in [0.05, 0.1) is 31.7 Å². The Kier molecular flexibility index (Phi) is 5.41. The van der Waals surface area contributed by atoms with E-state index in [0.717, 1.165) is 5.69 Å². The molecule has 0 unspecified atom stereocenters. The smallest absolute Gasteiger partial charge is 0.273 e. The van der Waals surface area contributed by atoms with E-state index in [4.69, 9.17) is 9.47 Å². The highest BCUT2D eigenvalue weighted by molar-refractivity contribution is 5.98. The molecule has 27 heavy (non-hydrogen) atoms.